The Morgan fingerprint density at radius 2 is 0.842 bits per heavy atom. The summed E-state index contributed by atoms with van der Waals surface area (Å²) in [7, 11) is 3.27. The molecule has 0 fully saturated rings. The second-order valence-corrected chi connectivity index (χ2v) is 9.80. The van der Waals surface area contributed by atoms with Crippen LogP contribution in [-0.4, -0.2) is 71.1 Å². The number of benzene rings is 1. The molecule has 0 aliphatic carbocycles. The number of unbranched alkanes of at least 4 members (excludes halogenated alkanes) is 10. The van der Waals surface area contributed by atoms with Crippen LogP contribution in [0.2, 0.25) is 0 Å². The Balaban J connectivity index is -0.000000320. The Morgan fingerprint density at radius 1 is 0.526 bits per heavy atom. The maximum absolute atomic E-state index is 6.31. The van der Waals surface area contributed by atoms with Gasteiger partial charge in [-0.15, -0.1) is 0 Å². The molecule has 0 amide bonds. The zero-order valence-electron chi connectivity index (χ0n) is 19.7. The van der Waals surface area contributed by atoms with Gasteiger partial charge in [0.2, 0.25) is 0 Å². The van der Waals surface area contributed by atoms with Gasteiger partial charge >= 0.3 is 0 Å². The first-order chi connectivity index (χ1) is 14.9. The Hall–Kier alpha value is 0.157. The van der Waals surface area contributed by atoms with Crippen LogP contribution in [0.5, 0.6) is 11.5 Å². The standard InChI is InChI=1S/C26H36O2S2.6CH4.2Sn/c1-3-5-7-9-11-13-17-27-23-21-15-19-30-26(21)24(22-16-20-29-25(22)23)28-18-14-12-10-8-6-4-2;;;;;;;;/h15-16H,3-14,17-18H2,1-2H3;6*1H4;;. The molecule has 6 heteroatoms. The van der Waals surface area contributed by atoms with Gasteiger partial charge in [-0.2, -0.15) is 0 Å². The molecule has 0 saturated carbocycles. The van der Waals surface area contributed by atoms with E-state index in [1.165, 1.54) is 73.2 Å². The summed E-state index contributed by atoms with van der Waals surface area (Å²) >= 11 is 0. The predicted octanol–water partition coefficient (Wildman–Crippen LogP) is 11.0. The van der Waals surface area contributed by atoms with E-state index in [0.717, 1.165) is 48.7 Å². The summed E-state index contributed by atoms with van der Waals surface area (Å²) in [6, 6.07) is 0. The van der Waals surface area contributed by atoms with Gasteiger partial charge in [0, 0.05) is 71.1 Å². The third-order valence-electron chi connectivity index (χ3n) is 5.61. The molecule has 0 unspecified atom stereocenters. The topological polar surface area (TPSA) is 18.5 Å². The van der Waals surface area contributed by atoms with Crippen molar-refractivity contribution < 1.29 is 9.47 Å². The fourth-order valence-electron chi connectivity index (χ4n) is 3.85. The van der Waals surface area contributed by atoms with Gasteiger partial charge < -0.3 is 9.47 Å². The molecule has 1 aromatic rings. The van der Waals surface area contributed by atoms with Gasteiger partial charge in [-0.05, 0) is 12.8 Å². The zero-order valence-corrected chi connectivity index (χ0v) is 27.0. The normalized spacial score (nSPS) is 9.95. The minimum absolute atomic E-state index is 0. The SMILES string of the molecule is C.C.C.C.C.C.CCCCCCCCOc1c2c(c(OCCCCCCCC)c3c1=S=C=C3)=S=C=C2.[Sn].[Sn]. The zero-order chi connectivity index (χ0) is 21.0. The quantitative estimate of drug-likeness (QED) is 0.0819. The minimum Gasteiger partial charge on any atom is -0.491 e. The van der Waals surface area contributed by atoms with E-state index in [2.05, 4.69) is 36.0 Å². The molecule has 0 bridgehead atoms. The van der Waals surface area contributed by atoms with Crippen LogP contribution >= 0.6 is 21.9 Å². The first-order valence-corrected chi connectivity index (χ1v) is 13.5. The van der Waals surface area contributed by atoms with E-state index in [-0.39, 0.29) is 92.4 Å². The van der Waals surface area contributed by atoms with Crippen molar-refractivity contribution in [2.45, 2.75) is 135 Å². The van der Waals surface area contributed by atoms with Crippen molar-refractivity contribution in [2.24, 2.45) is 0 Å². The van der Waals surface area contributed by atoms with E-state index in [9.17, 15) is 0 Å². The monoisotopic (exact) mass is 780 g/mol. The molecule has 38 heavy (non-hydrogen) atoms. The van der Waals surface area contributed by atoms with Crippen LogP contribution in [0.4, 0.5) is 0 Å². The van der Waals surface area contributed by atoms with Crippen LogP contribution in [0.1, 0.15) is 147 Å². The molecule has 220 valence electrons. The van der Waals surface area contributed by atoms with E-state index >= 15 is 0 Å². The fourth-order valence-corrected chi connectivity index (χ4v) is 5.49. The van der Waals surface area contributed by atoms with Gasteiger partial charge in [0.1, 0.15) is 11.5 Å². The molecule has 0 atom stereocenters. The van der Waals surface area contributed by atoms with Gasteiger partial charge in [0.25, 0.3) is 0 Å². The van der Waals surface area contributed by atoms with E-state index in [0.29, 0.717) is 0 Å². The van der Waals surface area contributed by atoms with Crippen LogP contribution in [-0.2, 0) is 0 Å². The second-order valence-electron chi connectivity index (χ2n) is 8.10. The van der Waals surface area contributed by atoms with Crippen molar-refractivity contribution >= 4 is 91.9 Å². The van der Waals surface area contributed by atoms with E-state index < -0.39 is 0 Å². The number of rotatable bonds is 16. The van der Waals surface area contributed by atoms with Gasteiger partial charge in [0.05, 0.1) is 22.2 Å². The van der Waals surface area contributed by atoms with Crippen molar-refractivity contribution in [3.8, 4) is 11.5 Å². The molecular formula is C32H60O2S2Sn2. The van der Waals surface area contributed by atoms with Crippen molar-refractivity contribution in [1.29, 1.82) is 0 Å². The largest absolute Gasteiger partial charge is 0.491 e. The van der Waals surface area contributed by atoms with Crippen molar-refractivity contribution in [3.05, 3.63) is 20.1 Å². The summed E-state index contributed by atoms with van der Waals surface area (Å²) in [5.41, 5.74) is 2.29. The molecule has 2 aliphatic heterocycles. The molecule has 0 N–H and O–H groups in total. The average Bonchev–Trinajstić information content (AvgIpc) is 3.43. The predicted molar refractivity (Wildman–Crippen MR) is 188 cm³/mol. The summed E-state index contributed by atoms with van der Waals surface area (Å²) in [6.45, 7) is 6.08. The van der Waals surface area contributed by atoms with Gasteiger partial charge in [-0.25, -0.2) is 0 Å². The van der Waals surface area contributed by atoms with Crippen LogP contribution < -0.4 is 9.47 Å². The Labute approximate surface area is 279 Å². The van der Waals surface area contributed by atoms with E-state index in [1.807, 2.05) is 0 Å². The average molecular weight is 778 g/mol. The molecule has 2 heterocycles. The molecule has 2 aliphatic rings. The fraction of sp³-hybridized carbons (Fsp3) is 0.688. The summed E-state index contributed by atoms with van der Waals surface area (Å²) in [5, 5.41) is 6.62. The van der Waals surface area contributed by atoms with Crippen molar-refractivity contribution in [3.63, 3.8) is 0 Å². The third-order valence-corrected chi connectivity index (χ3v) is 7.30. The molecule has 0 saturated heterocycles. The maximum atomic E-state index is 6.31. The first-order valence-electron chi connectivity index (χ1n) is 11.9. The van der Waals surface area contributed by atoms with E-state index in [1.54, 1.807) is 21.9 Å². The van der Waals surface area contributed by atoms with Crippen molar-refractivity contribution in [2.75, 3.05) is 13.2 Å². The summed E-state index contributed by atoms with van der Waals surface area (Å²) < 4.78 is 15.0. The molecule has 2 nitrogen and oxygen atoms in total. The summed E-state index contributed by atoms with van der Waals surface area (Å²) in [5.74, 6) is 2.01. The summed E-state index contributed by atoms with van der Waals surface area (Å²) in [4.78, 5) is 0. The molecule has 0 aromatic heterocycles. The van der Waals surface area contributed by atoms with Crippen LogP contribution in [0.15, 0.2) is 0 Å². The second kappa shape index (κ2) is 30.1. The molecule has 8 radical (unpaired) electrons. The Morgan fingerprint density at radius 3 is 1.18 bits per heavy atom. The molecule has 1 aromatic carbocycles. The number of fused-ring (bicyclic) bond motifs is 2. The van der Waals surface area contributed by atoms with Gasteiger partial charge in [-0.1, -0.05) is 155 Å². The number of hydrogen-bond donors (Lipinski definition) is 0. The molecular weight excluding hydrogens is 718 g/mol. The maximum Gasteiger partial charge on any atom is 0.147 e. The number of ether oxygens (including phenoxy) is 2. The Kier molecular flexibility index (Phi) is 40.4. The van der Waals surface area contributed by atoms with Crippen LogP contribution in [0.25, 0.3) is 12.2 Å². The van der Waals surface area contributed by atoms with Crippen LogP contribution in [0, 0.1) is 9.02 Å². The van der Waals surface area contributed by atoms with Gasteiger partial charge in [0.15, 0.2) is 0 Å². The third kappa shape index (κ3) is 15.2. The first kappa shape index (κ1) is 50.9. The smallest absolute Gasteiger partial charge is 0.147 e. The van der Waals surface area contributed by atoms with Crippen LogP contribution in [0.3, 0.4) is 0 Å². The Bertz CT molecular complexity index is 916. The number of hydrogen-bond acceptors (Lipinski definition) is 2. The van der Waals surface area contributed by atoms with Crippen molar-refractivity contribution in [1.82, 2.24) is 0 Å². The van der Waals surface area contributed by atoms with E-state index in [4.69, 9.17) is 9.47 Å². The summed E-state index contributed by atoms with van der Waals surface area (Å²) in [6.07, 6.45) is 19.4. The van der Waals surface area contributed by atoms with Gasteiger partial charge in [-0.3, -0.25) is 0 Å². The molecule has 3 rings (SSSR count). The molecule has 0 spiro atoms. The minimum atomic E-state index is 0.